The molecule has 0 aliphatic carbocycles. The number of para-hydroxylation sites is 1. The van der Waals surface area contributed by atoms with Gasteiger partial charge in [0.15, 0.2) is 0 Å². The van der Waals surface area contributed by atoms with Gasteiger partial charge >= 0.3 is 0 Å². The van der Waals surface area contributed by atoms with E-state index in [1.807, 2.05) is 23.5 Å². The molecule has 0 saturated carbocycles. The minimum atomic E-state index is 0.920. The SMILES string of the molecule is c1ccc(-c2cccc(N(c3ccc4ccc5cc6oc7ccccc7c6cc5c4c3)c3cccc4c3sc3ccccc34)c2)cc1. The fourth-order valence-corrected chi connectivity index (χ4v) is 8.40. The zero-order chi connectivity index (χ0) is 30.9. The monoisotopic (exact) mass is 617 g/mol. The van der Waals surface area contributed by atoms with Gasteiger partial charge in [0.05, 0.1) is 10.4 Å². The number of rotatable bonds is 4. The molecule has 0 fully saturated rings. The molecule has 220 valence electrons. The highest BCUT2D eigenvalue weighted by molar-refractivity contribution is 7.26. The Hall–Kier alpha value is -5.90. The highest BCUT2D eigenvalue weighted by Crippen LogP contribution is 2.46. The predicted molar refractivity (Wildman–Crippen MR) is 202 cm³/mol. The summed E-state index contributed by atoms with van der Waals surface area (Å²) >= 11 is 1.86. The first-order valence-electron chi connectivity index (χ1n) is 15.9. The van der Waals surface area contributed by atoms with Crippen LogP contribution in [0.15, 0.2) is 168 Å². The van der Waals surface area contributed by atoms with Gasteiger partial charge < -0.3 is 9.32 Å². The van der Waals surface area contributed by atoms with Crippen LogP contribution in [0, 0.1) is 0 Å². The number of furan rings is 1. The van der Waals surface area contributed by atoms with Crippen molar-refractivity contribution in [2.45, 2.75) is 0 Å². The summed E-state index contributed by atoms with van der Waals surface area (Å²) in [6, 6.07) is 59.2. The largest absolute Gasteiger partial charge is 0.456 e. The summed E-state index contributed by atoms with van der Waals surface area (Å²) in [6.45, 7) is 0. The molecule has 3 heteroatoms. The van der Waals surface area contributed by atoms with Gasteiger partial charge in [0.2, 0.25) is 0 Å². The zero-order valence-electron chi connectivity index (χ0n) is 25.4. The third-order valence-corrected chi connectivity index (χ3v) is 10.6. The van der Waals surface area contributed by atoms with Gasteiger partial charge in [0.25, 0.3) is 0 Å². The lowest BCUT2D eigenvalue weighted by atomic mass is 9.98. The number of nitrogens with zero attached hydrogens (tertiary/aromatic N) is 1. The van der Waals surface area contributed by atoms with Crippen molar-refractivity contribution in [3.05, 3.63) is 164 Å². The molecule has 0 spiro atoms. The van der Waals surface area contributed by atoms with E-state index in [2.05, 4.69) is 157 Å². The number of fused-ring (bicyclic) bond motifs is 9. The van der Waals surface area contributed by atoms with Gasteiger partial charge in [-0.05, 0) is 87.3 Å². The second-order valence-electron chi connectivity index (χ2n) is 12.1. The Labute approximate surface area is 275 Å². The van der Waals surface area contributed by atoms with Crippen LogP contribution in [-0.4, -0.2) is 0 Å². The molecule has 8 aromatic carbocycles. The highest BCUT2D eigenvalue weighted by atomic mass is 32.1. The van der Waals surface area contributed by atoms with Crippen LogP contribution in [-0.2, 0) is 0 Å². The summed E-state index contributed by atoms with van der Waals surface area (Å²) in [5.41, 5.74) is 7.66. The lowest BCUT2D eigenvalue weighted by molar-refractivity contribution is 0.669. The van der Waals surface area contributed by atoms with E-state index in [0.29, 0.717) is 0 Å². The van der Waals surface area contributed by atoms with Crippen molar-refractivity contribution < 1.29 is 4.42 Å². The standard InChI is InChI=1S/C44H27NOS/c1-2-10-28(11-3-1)30-12-8-13-32(24-30)45(40-17-9-16-36-35-15-5-7-19-43(35)47-44(36)40)33-23-22-29-20-21-31-25-42-39(27-38(31)37(29)26-33)34-14-4-6-18-41(34)46-42/h1-27H. The number of benzene rings is 8. The molecule has 0 amide bonds. The van der Waals surface area contributed by atoms with E-state index in [1.54, 1.807) is 0 Å². The predicted octanol–water partition coefficient (Wildman–Crippen LogP) is 13.4. The molecule has 0 unspecified atom stereocenters. The smallest absolute Gasteiger partial charge is 0.136 e. The van der Waals surface area contributed by atoms with Crippen molar-refractivity contribution in [3.8, 4) is 11.1 Å². The lowest BCUT2D eigenvalue weighted by Crippen LogP contribution is -2.10. The van der Waals surface area contributed by atoms with Gasteiger partial charge in [0.1, 0.15) is 11.2 Å². The maximum atomic E-state index is 6.26. The second-order valence-corrected chi connectivity index (χ2v) is 13.2. The summed E-state index contributed by atoms with van der Waals surface area (Å²) in [5, 5.41) is 9.71. The molecular weight excluding hydrogens is 591 g/mol. The summed E-state index contributed by atoms with van der Waals surface area (Å²) in [7, 11) is 0. The van der Waals surface area contributed by atoms with Crippen molar-refractivity contribution in [2.24, 2.45) is 0 Å². The third-order valence-electron chi connectivity index (χ3n) is 9.41. The van der Waals surface area contributed by atoms with Crippen molar-refractivity contribution >= 4 is 92.1 Å². The molecule has 0 saturated heterocycles. The van der Waals surface area contributed by atoms with Gasteiger partial charge in [0, 0.05) is 37.6 Å². The van der Waals surface area contributed by atoms with Crippen molar-refractivity contribution in [1.29, 1.82) is 0 Å². The van der Waals surface area contributed by atoms with Crippen LogP contribution < -0.4 is 4.90 Å². The van der Waals surface area contributed by atoms with Crippen LogP contribution in [0.2, 0.25) is 0 Å². The molecule has 2 heterocycles. The minimum absolute atomic E-state index is 0.920. The Morgan fingerprint density at radius 2 is 1.11 bits per heavy atom. The normalized spacial score (nSPS) is 11.8. The molecule has 47 heavy (non-hydrogen) atoms. The quantitative estimate of drug-likeness (QED) is 0.183. The second kappa shape index (κ2) is 10.3. The Morgan fingerprint density at radius 3 is 2.04 bits per heavy atom. The Balaban J connectivity index is 1.25. The van der Waals surface area contributed by atoms with E-state index in [0.717, 1.165) is 33.3 Å². The molecule has 2 nitrogen and oxygen atoms in total. The molecular formula is C44H27NOS. The van der Waals surface area contributed by atoms with Crippen molar-refractivity contribution in [2.75, 3.05) is 4.90 Å². The van der Waals surface area contributed by atoms with Gasteiger partial charge in [-0.15, -0.1) is 11.3 Å². The van der Waals surface area contributed by atoms with Gasteiger partial charge in [-0.1, -0.05) is 109 Å². The van der Waals surface area contributed by atoms with Crippen LogP contribution in [0.25, 0.3) is 74.8 Å². The molecule has 0 bridgehead atoms. The first kappa shape index (κ1) is 26.3. The third kappa shape index (κ3) is 4.17. The summed E-state index contributed by atoms with van der Waals surface area (Å²) in [4.78, 5) is 2.44. The molecule has 0 radical (unpaired) electrons. The molecule has 10 aromatic rings. The van der Waals surface area contributed by atoms with E-state index in [-0.39, 0.29) is 0 Å². The fraction of sp³-hybridized carbons (Fsp3) is 0. The Morgan fingerprint density at radius 1 is 0.404 bits per heavy atom. The van der Waals surface area contributed by atoms with E-state index in [4.69, 9.17) is 4.42 Å². The van der Waals surface area contributed by atoms with Gasteiger partial charge in [-0.25, -0.2) is 0 Å². The van der Waals surface area contributed by atoms with Crippen LogP contribution in [0.5, 0.6) is 0 Å². The van der Waals surface area contributed by atoms with E-state index in [1.165, 1.54) is 58.5 Å². The van der Waals surface area contributed by atoms with Crippen molar-refractivity contribution in [1.82, 2.24) is 0 Å². The van der Waals surface area contributed by atoms with E-state index < -0.39 is 0 Å². The Kier molecular flexibility index (Phi) is 5.78. The fourth-order valence-electron chi connectivity index (χ4n) is 7.19. The van der Waals surface area contributed by atoms with Gasteiger partial charge in [-0.2, -0.15) is 0 Å². The number of hydrogen-bond acceptors (Lipinski definition) is 3. The highest BCUT2D eigenvalue weighted by Gasteiger charge is 2.19. The average molecular weight is 618 g/mol. The van der Waals surface area contributed by atoms with E-state index >= 15 is 0 Å². The number of thiophene rings is 1. The molecule has 0 aliphatic rings. The Bertz CT molecular complexity index is 2810. The first-order valence-corrected chi connectivity index (χ1v) is 16.7. The molecule has 2 aromatic heterocycles. The van der Waals surface area contributed by atoms with Crippen molar-refractivity contribution in [3.63, 3.8) is 0 Å². The maximum absolute atomic E-state index is 6.26. The molecule has 0 N–H and O–H groups in total. The molecule has 0 aliphatic heterocycles. The number of anilines is 3. The van der Waals surface area contributed by atoms with Crippen LogP contribution in [0.1, 0.15) is 0 Å². The topological polar surface area (TPSA) is 16.4 Å². The maximum Gasteiger partial charge on any atom is 0.136 e. The summed E-state index contributed by atoms with van der Waals surface area (Å²) < 4.78 is 8.84. The molecule has 0 atom stereocenters. The lowest BCUT2D eigenvalue weighted by Gasteiger charge is -2.27. The molecule has 10 rings (SSSR count). The number of hydrogen-bond donors (Lipinski definition) is 0. The van der Waals surface area contributed by atoms with Gasteiger partial charge in [-0.3, -0.25) is 0 Å². The average Bonchev–Trinajstić information content (AvgIpc) is 3.70. The van der Waals surface area contributed by atoms with Crippen LogP contribution in [0.4, 0.5) is 17.1 Å². The minimum Gasteiger partial charge on any atom is -0.456 e. The summed E-state index contributed by atoms with van der Waals surface area (Å²) in [5.74, 6) is 0. The van der Waals surface area contributed by atoms with E-state index in [9.17, 15) is 0 Å². The van der Waals surface area contributed by atoms with Crippen LogP contribution >= 0.6 is 11.3 Å². The summed E-state index contributed by atoms with van der Waals surface area (Å²) in [6.07, 6.45) is 0. The van der Waals surface area contributed by atoms with Crippen LogP contribution in [0.3, 0.4) is 0 Å². The first-order chi connectivity index (χ1) is 23.3. The zero-order valence-corrected chi connectivity index (χ0v) is 26.2.